The molecule has 0 heterocycles. The number of aldehydes is 1. The van der Waals surface area contributed by atoms with Crippen LogP contribution in [0.5, 0.6) is 5.75 Å². The zero-order chi connectivity index (χ0) is 12.1. The summed E-state index contributed by atoms with van der Waals surface area (Å²) in [6, 6.07) is 14.3. The number of carbonyl (C=O) groups is 1. The smallest absolute Gasteiger partial charge is 0.150 e. The molecule has 0 saturated heterocycles. The van der Waals surface area contributed by atoms with E-state index in [2.05, 4.69) is 0 Å². The minimum absolute atomic E-state index is 0.255. The largest absolute Gasteiger partial charge is 0.508 e. The normalized spacial score (nSPS) is 10.6. The zero-order valence-corrected chi connectivity index (χ0v) is 9.21. The van der Waals surface area contributed by atoms with Gasteiger partial charge in [-0.2, -0.15) is 0 Å². The van der Waals surface area contributed by atoms with Crippen molar-refractivity contribution in [1.29, 1.82) is 0 Å². The maximum Gasteiger partial charge on any atom is 0.150 e. The van der Waals surface area contributed by atoms with E-state index in [1.165, 1.54) is 0 Å². The summed E-state index contributed by atoms with van der Waals surface area (Å²) in [5.41, 5.74) is 2.64. The SMILES string of the molecule is O=Cc1cccc(C=Cc2ccc(O)cc2)c1. The Bertz CT molecular complexity index is 539. The summed E-state index contributed by atoms with van der Waals surface area (Å²) in [6.07, 6.45) is 4.70. The highest BCUT2D eigenvalue weighted by atomic mass is 16.3. The van der Waals surface area contributed by atoms with Crippen molar-refractivity contribution in [3.8, 4) is 5.75 Å². The standard InChI is InChI=1S/C15H12O2/c16-11-14-3-1-2-13(10-14)5-4-12-6-8-15(17)9-7-12/h1-11,17H. The van der Waals surface area contributed by atoms with Gasteiger partial charge in [0.25, 0.3) is 0 Å². The third-order valence-electron chi connectivity index (χ3n) is 2.41. The van der Waals surface area contributed by atoms with Gasteiger partial charge in [0, 0.05) is 5.56 Å². The Morgan fingerprint density at radius 3 is 2.18 bits per heavy atom. The van der Waals surface area contributed by atoms with Gasteiger partial charge in [0.15, 0.2) is 0 Å². The van der Waals surface area contributed by atoms with Gasteiger partial charge in [0.2, 0.25) is 0 Å². The van der Waals surface area contributed by atoms with Gasteiger partial charge in [-0.05, 0) is 29.3 Å². The third kappa shape index (κ3) is 3.05. The molecule has 0 bridgehead atoms. The summed E-state index contributed by atoms with van der Waals surface area (Å²) in [5.74, 6) is 0.255. The highest BCUT2D eigenvalue weighted by Crippen LogP contribution is 2.13. The number of hydrogen-bond acceptors (Lipinski definition) is 2. The Morgan fingerprint density at radius 2 is 1.47 bits per heavy atom. The molecule has 0 fully saturated rings. The molecular formula is C15H12O2. The summed E-state index contributed by atoms with van der Waals surface area (Å²) in [6.45, 7) is 0. The Morgan fingerprint density at radius 1 is 0.824 bits per heavy atom. The van der Waals surface area contributed by atoms with E-state index >= 15 is 0 Å². The van der Waals surface area contributed by atoms with E-state index < -0.39 is 0 Å². The number of carbonyl (C=O) groups excluding carboxylic acids is 1. The Balaban J connectivity index is 2.19. The highest BCUT2D eigenvalue weighted by Gasteiger charge is 1.92. The molecule has 2 heteroatoms. The minimum Gasteiger partial charge on any atom is -0.508 e. The van der Waals surface area contributed by atoms with Crippen LogP contribution >= 0.6 is 0 Å². The van der Waals surface area contributed by atoms with Crippen LogP contribution in [0.15, 0.2) is 48.5 Å². The fraction of sp³-hybridized carbons (Fsp3) is 0. The molecule has 0 aliphatic heterocycles. The van der Waals surface area contributed by atoms with Gasteiger partial charge in [0.05, 0.1) is 0 Å². The average molecular weight is 224 g/mol. The van der Waals surface area contributed by atoms with Crippen LogP contribution in [0.2, 0.25) is 0 Å². The van der Waals surface area contributed by atoms with Crippen molar-refractivity contribution in [2.45, 2.75) is 0 Å². The fourth-order valence-electron chi connectivity index (χ4n) is 1.51. The molecule has 84 valence electrons. The lowest BCUT2D eigenvalue weighted by molar-refractivity contribution is 0.112. The number of aromatic hydroxyl groups is 1. The van der Waals surface area contributed by atoms with Crippen LogP contribution in [0, 0.1) is 0 Å². The summed E-state index contributed by atoms with van der Waals surface area (Å²) in [4.78, 5) is 10.6. The molecule has 0 aliphatic carbocycles. The predicted octanol–water partition coefficient (Wildman–Crippen LogP) is 3.38. The molecule has 0 saturated carbocycles. The van der Waals surface area contributed by atoms with E-state index in [0.717, 1.165) is 17.4 Å². The molecule has 0 aromatic heterocycles. The van der Waals surface area contributed by atoms with Gasteiger partial charge in [-0.15, -0.1) is 0 Å². The number of rotatable bonds is 3. The van der Waals surface area contributed by atoms with Crippen molar-refractivity contribution in [3.63, 3.8) is 0 Å². The van der Waals surface area contributed by atoms with Crippen LogP contribution in [0.25, 0.3) is 12.2 Å². The predicted molar refractivity (Wildman–Crippen MR) is 68.9 cm³/mol. The molecule has 0 atom stereocenters. The summed E-state index contributed by atoms with van der Waals surface area (Å²) in [7, 11) is 0. The molecule has 0 radical (unpaired) electrons. The van der Waals surface area contributed by atoms with Gasteiger partial charge in [-0.25, -0.2) is 0 Å². The zero-order valence-electron chi connectivity index (χ0n) is 9.21. The topological polar surface area (TPSA) is 37.3 Å². The van der Waals surface area contributed by atoms with Crippen LogP contribution < -0.4 is 0 Å². The van der Waals surface area contributed by atoms with Gasteiger partial charge in [-0.1, -0.05) is 42.5 Å². The summed E-state index contributed by atoms with van der Waals surface area (Å²) >= 11 is 0. The van der Waals surface area contributed by atoms with Crippen molar-refractivity contribution in [2.24, 2.45) is 0 Å². The lowest BCUT2D eigenvalue weighted by atomic mass is 10.1. The number of benzene rings is 2. The number of phenolic OH excluding ortho intramolecular Hbond substituents is 1. The van der Waals surface area contributed by atoms with E-state index in [1.54, 1.807) is 18.2 Å². The summed E-state index contributed by atoms with van der Waals surface area (Å²) in [5, 5.41) is 9.15. The average Bonchev–Trinajstić information content (AvgIpc) is 2.38. The lowest BCUT2D eigenvalue weighted by Crippen LogP contribution is -1.79. The maximum atomic E-state index is 10.6. The molecule has 17 heavy (non-hydrogen) atoms. The molecule has 1 N–H and O–H groups in total. The molecule has 0 unspecified atom stereocenters. The number of hydrogen-bond donors (Lipinski definition) is 1. The molecule has 0 amide bonds. The van der Waals surface area contributed by atoms with Crippen molar-refractivity contribution in [1.82, 2.24) is 0 Å². The first kappa shape index (κ1) is 11.1. The van der Waals surface area contributed by atoms with Gasteiger partial charge in [0.1, 0.15) is 12.0 Å². The van der Waals surface area contributed by atoms with Crippen LogP contribution in [0.1, 0.15) is 21.5 Å². The lowest BCUT2D eigenvalue weighted by Gasteiger charge is -1.96. The second kappa shape index (κ2) is 5.12. The van der Waals surface area contributed by atoms with Crippen LogP contribution in [0.4, 0.5) is 0 Å². The van der Waals surface area contributed by atoms with E-state index in [1.807, 2.05) is 42.5 Å². The van der Waals surface area contributed by atoms with Gasteiger partial charge < -0.3 is 5.11 Å². The molecule has 0 spiro atoms. The van der Waals surface area contributed by atoms with Crippen molar-refractivity contribution in [3.05, 3.63) is 65.2 Å². The number of phenols is 1. The van der Waals surface area contributed by atoms with Gasteiger partial charge >= 0.3 is 0 Å². The Kier molecular flexibility index (Phi) is 3.36. The van der Waals surface area contributed by atoms with Crippen molar-refractivity contribution < 1.29 is 9.90 Å². The molecule has 0 aliphatic rings. The quantitative estimate of drug-likeness (QED) is 0.641. The molecule has 2 rings (SSSR count). The minimum atomic E-state index is 0.255. The first-order valence-electron chi connectivity index (χ1n) is 5.30. The van der Waals surface area contributed by atoms with E-state index in [0.29, 0.717) is 5.56 Å². The highest BCUT2D eigenvalue weighted by molar-refractivity contribution is 5.78. The second-order valence-corrected chi connectivity index (χ2v) is 3.71. The van der Waals surface area contributed by atoms with Crippen LogP contribution in [-0.2, 0) is 0 Å². The summed E-state index contributed by atoms with van der Waals surface area (Å²) < 4.78 is 0. The Hall–Kier alpha value is -2.35. The Labute approximate surface area is 99.8 Å². The second-order valence-electron chi connectivity index (χ2n) is 3.71. The third-order valence-corrected chi connectivity index (χ3v) is 2.41. The van der Waals surface area contributed by atoms with E-state index in [4.69, 9.17) is 5.11 Å². The first-order chi connectivity index (χ1) is 8.28. The molecule has 2 aromatic carbocycles. The van der Waals surface area contributed by atoms with E-state index in [9.17, 15) is 4.79 Å². The van der Waals surface area contributed by atoms with Crippen molar-refractivity contribution in [2.75, 3.05) is 0 Å². The monoisotopic (exact) mass is 224 g/mol. The first-order valence-corrected chi connectivity index (χ1v) is 5.30. The fourth-order valence-corrected chi connectivity index (χ4v) is 1.51. The molecule has 2 nitrogen and oxygen atoms in total. The molecule has 2 aromatic rings. The van der Waals surface area contributed by atoms with Crippen molar-refractivity contribution >= 4 is 18.4 Å². The maximum absolute atomic E-state index is 10.6. The van der Waals surface area contributed by atoms with E-state index in [-0.39, 0.29) is 5.75 Å². The van der Waals surface area contributed by atoms with Crippen LogP contribution in [0.3, 0.4) is 0 Å². The van der Waals surface area contributed by atoms with Crippen LogP contribution in [-0.4, -0.2) is 11.4 Å². The molecular weight excluding hydrogens is 212 g/mol. The van der Waals surface area contributed by atoms with Gasteiger partial charge in [-0.3, -0.25) is 4.79 Å².